The molecule has 1 unspecified atom stereocenters. The largest absolute Gasteiger partial charge is 0.480 e. The minimum atomic E-state index is -4.71. The second kappa shape index (κ2) is 40.3. The first-order chi connectivity index (χ1) is 27.1. The predicted octanol–water partition coefficient (Wildman–Crippen LogP) is 12.3. The molecule has 0 rings (SSSR count). The van der Waals surface area contributed by atoms with Crippen LogP contribution in [0.4, 0.5) is 0 Å². The molecule has 0 aromatic carbocycles. The van der Waals surface area contributed by atoms with Gasteiger partial charge in [0.15, 0.2) is 6.10 Å². The number of rotatable bonds is 44. The number of esters is 2. The number of phosphoric ester groups is 1. The number of carbonyl (C=O) groups excluding carboxylic acids is 2. The average Bonchev–Trinajstić information content (AvgIpc) is 3.17. The molecule has 0 amide bonds. The lowest BCUT2D eigenvalue weighted by molar-refractivity contribution is -0.161. The van der Waals surface area contributed by atoms with Crippen molar-refractivity contribution in [1.29, 1.82) is 0 Å². The van der Waals surface area contributed by atoms with E-state index in [4.69, 9.17) is 24.8 Å². The molecule has 0 aromatic heterocycles. The maximum atomic E-state index is 12.6. The summed E-state index contributed by atoms with van der Waals surface area (Å²) in [5, 5.41) is 8.89. The Hall–Kier alpha value is -1.52. The van der Waals surface area contributed by atoms with Crippen LogP contribution in [0, 0.1) is 0 Å². The molecule has 0 saturated carbocycles. The highest BCUT2D eigenvalue weighted by molar-refractivity contribution is 7.47. The molecule has 11 nitrogen and oxygen atoms in total. The number of ether oxygens (including phenoxy) is 2. The quantitative estimate of drug-likeness (QED) is 0.0303. The van der Waals surface area contributed by atoms with Gasteiger partial charge in [-0.3, -0.25) is 23.4 Å². The summed E-state index contributed by atoms with van der Waals surface area (Å²) >= 11 is 0. The monoisotopic (exact) mass is 820 g/mol. The van der Waals surface area contributed by atoms with Crippen LogP contribution in [0.25, 0.3) is 0 Å². The number of aliphatic carboxylic acids is 1. The maximum absolute atomic E-state index is 12.6. The third-order valence-corrected chi connectivity index (χ3v) is 11.3. The van der Waals surface area contributed by atoms with Gasteiger partial charge in [-0.15, -0.1) is 0 Å². The van der Waals surface area contributed by atoms with Gasteiger partial charge in [0, 0.05) is 12.8 Å². The number of carbonyl (C=O) groups is 3. The van der Waals surface area contributed by atoms with Gasteiger partial charge in [0.2, 0.25) is 0 Å². The van der Waals surface area contributed by atoms with Crippen LogP contribution in [-0.4, -0.2) is 59.9 Å². The van der Waals surface area contributed by atoms with E-state index in [1.807, 2.05) is 0 Å². The molecule has 0 aliphatic heterocycles. The SMILES string of the molecule is CCCCCCCCCCCCCCCCCCC(=O)OC[C@H](COP(=O)(O)OC[C@H](N)C(=O)O)OC(=O)CCCCCCCCCCCCCCCCCC. The second-order valence-electron chi connectivity index (χ2n) is 15.9. The van der Waals surface area contributed by atoms with Crippen molar-refractivity contribution < 1.29 is 47.5 Å². The van der Waals surface area contributed by atoms with Crippen LogP contribution in [0.3, 0.4) is 0 Å². The van der Waals surface area contributed by atoms with Gasteiger partial charge in [-0.1, -0.05) is 206 Å². The standard InChI is InChI=1S/C44H86NO10P/c1-3-5-7-9-11-13-15-17-19-21-23-25-27-29-31-33-35-42(46)52-37-40(38-53-56(50,51)54-39-41(45)44(48)49)55-43(47)36-34-32-30-28-26-24-22-20-18-16-14-12-10-8-6-4-2/h40-41H,3-39,45H2,1-2H3,(H,48,49)(H,50,51)/t40-,41+/m1/s1. The van der Waals surface area contributed by atoms with Gasteiger partial charge in [0.25, 0.3) is 0 Å². The van der Waals surface area contributed by atoms with E-state index in [2.05, 4.69) is 18.4 Å². The number of hydrogen-bond acceptors (Lipinski definition) is 9. The van der Waals surface area contributed by atoms with Gasteiger partial charge in [-0.2, -0.15) is 0 Å². The average molecular weight is 820 g/mol. The molecule has 0 aliphatic carbocycles. The van der Waals surface area contributed by atoms with E-state index in [1.165, 1.54) is 154 Å². The highest BCUT2D eigenvalue weighted by Gasteiger charge is 2.28. The molecule has 0 saturated heterocycles. The Kier molecular flexibility index (Phi) is 39.2. The number of carboxylic acids is 1. The Morgan fingerprint density at radius 3 is 1.12 bits per heavy atom. The van der Waals surface area contributed by atoms with E-state index in [0.29, 0.717) is 12.8 Å². The van der Waals surface area contributed by atoms with Crippen molar-refractivity contribution in [2.24, 2.45) is 5.73 Å². The molecule has 0 aromatic rings. The first-order valence-electron chi connectivity index (χ1n) is 23.1. The highest BCUT2D eigenvalue weighted by atomic mass is 31.2. The molecular formula is C44H86NO10P. The van der Waals surface area contributed by atoms with E-state index in [1.54, 1.807) is 0 Å². The zero-order chi connectivity index (χ0) is 41.4. The van der Waals surface area contributed by atoms with Crippen LogP contribution < -0.4 is 5.73 Å². The van der Waals surface area contributed by atoms with Crippen molar-refractivity contribution in [2.75, 3.05) is 19.8 Å². The molecule has 0 fully saturated rings. The summed E-state index contributed by atoms with van der Waals surface area (Å²) in [6.45, 7) is 2.85. The van der Waals surface area contributed by atoms with Crippen LogP contribution in [0.2, 0.25) is 0 Å². The van der Waals surface area contributed by atoms with Gasteiger partial charge in [0.05, 0.1) is 13.2 Å². The second-order valence-corrected chi connectivity index (χ2v) is 17.4. The van der Waals surface area contributed by atoms with Crippen LogP contribution in [0.1, 0.15) is 232 Å². The molecule has 332 valence electrons. The van der Waals surface area contributed by atoms with Crippen molar-refractivity contribution in [3.05, 3.63) is 0 Å². The Labute approximate surface area is 342 Å². The van der Waals surface area contributed by atoms with Crippen molar-refractivity contribution >= 4 is 25.7 Å². The van der Waals surface area contributed by atoms with Gasteiger partial charge in [0.1, 0.15) is 12.6 Å². The Balaban J connectivity index is 4.28. The van der Waals surface area contributed by atoms with E-state index in [-0.39, 0.29) is 19.4 Å². The van der Waals surface area contributed by atoms with Crippen LogP contribution in [0.15, 0.2) is 0 Å². The third kappa shape index (κ3) is 39.3. The molecule has 12 heteroatoms. The third-order valence-electron chi connectivity index (χ3n) is 10.4. The molecule has 3 atom stereocenters. The lowest BCUT2D eigenvalue weighted by Gasteiger charge is -2.20. The molecular weight excluding hydrogens is 733 g/mol. The normalized spacial score (nSPS) is 13.6. The van der Waals surface area contributed by atoms with E-state index in [0.717, 1.165) is 38.5 Å². The fraction of sp³-hybridized carbons (Fsp3) is 0.932. The van der Waals surface area contributed by atoms with Gasteiger partial charge in [-0.05, 0) is 12.8 Å². The summed E-state index contributed by atoms with van der Waals surface area (Å²) in [4.78, 5) is 46.0. The van der Waals surface area contributed by atoms with Gasteiger partial charge >= 0.3 is 25.7 Å². The number of phosphoric acid groups is 1. The lowest BCUT2D eigenvalue weighted by Crippen LogP contribution is -2.34. The Morgan fingerprint density at radius 1 is 0.482 bits per heavy atom. The maximum Gasteiger partial charge on any atom is 0.472 e. The summed E-state index contributed by atoms with van der Waals surface area (Å²) in [7, 11) is -4.71. The zero-order valence-corrected chi connectivity index (χ0v) is 36.9. The topological polar surface area (TPSA) is 172 Å². The number of hydrogen-bond donors (Lipinski definition) is 3. The smallest absolute Gasteiger partial charge is 0.472 e. The fourth-order valence-electron chi connectivity index (χ4n) is 6.71. The molecule has 0 bridgehead atoms. The highest BCUT2D eigenvalue weighted by Crippen LogP contribution is 2.43. The summed E-state index contributed by atoms with van der Waals surface area (Å²) in [5.74, 6) is -2.35. The summed E-state index contributed by atoms with van der Waals surface area (Å²) in [6.07, 6.45) is 38.7. The van der Waals surface area contributed by atoms with E-state index < -0.39 is 51.1 Å². The van der Waals surface area contributed by atoms with Crippen molar-refractivity contribution in [3.8, 4) is 0 Å². The van der Waals surface area contributed by atoms with Crippen LogP contribution >= 0.6 is 7.82 Å². The number of unbranched alkanes of at least 4 members (excludes halogenated alkanes) is 30. The fourth-order valence-corrected chi connectivity index (χ4v) is 7.49. The van der Waals surface area contributed by atoms with Crippen LogP contribution in [0.5, 0.6) is 0 Å². The zero-order valence-electron chi connectivity index (χ0n) is 36.0. The molecule has 0 radical (unpaired) electrons. The molecule has 0 heterocycles. The molecule has 56 heavy (non-hydrogen) atoms. The van der Waals surface area contributed by atoms with Crippen molar-refractivity contribution in [1.82, 2.24) is 0 Å². The van der Waals surface area contributed by atoms with Gasteiger partial charge in [-0.25, -0.2) is 4.57 Å². The first-order valence-corrected chi connectivity index (χ1v) is 24.6. The molecule has 4 N–H and O–H groups in total. The number of carboxylic acid groups (broad SMARTS) is 1. The predicted molar refractivity (Wildman–Crippen MR) is 227 cm³/mol. The van der Waals surface area contributed by atoms with Crippen molar-refractivity contribution in [2.45, 2.75) is 244 Å². The summed E-state index contributed by atoms with van der Waals surface area (Å²) < 4.78 is 32.8. The lowest BCUT2D eigenvalue weighted by atomic mass is 10.0. The summed E-state index contributed by atoms with van der Waals surface area (Å²) in [6, 6.07) is -1.52. The minimum Gasteiger partial charge on any atom is -0.480 e. The first kappa shape index (κ1) is 54.5. The Morgan fingerprint density at radius 2 is 0.786 bits per heavy atom. The number of nitrogens with two attached hydrogens (primary N) is 1. The van der Waals surface area contributed by atoms with E-state index >= 15 is 0 Å². The van der Waals surface area contributed by atoms with Crippen molar-refractivity contribution in [3.63, 3.8) is 0 Å². The van der Waals surface area contributed by atoms with E-state index in [9.17, 15) is 23.8 Å². The summed E-state index contributed by atoms with van der Waals surface area (Å²) in [5.41, 5.74) is 5.34. The van der Waals surface area contributed by atoms with Gasteiger partial charge < -0.3 is 25.2 Å². The Bertz CT molecular complexity index is 968. The molecule has 0 aliphatic rings. The molecule has 0 spiro atoms. The van der Waals surface area contributed by atoms with Crippen LogP contribution in [-0.2, 0) is 37.5 Å². The minimum absolute atomic E-state index is 0.169.